The third-order valence-electron chi connectivity index (χ3n) is 2.89. The van der Waals surface area contributed by atoms with Crippen LogP contribution in [0, 0.1) is 0 Å². The van der Waals surface area contributed by atoms with E-state index in [1.54, 1.807) is 6.92 Å². The first kappa shape index (κ1) is 15.6. The number of allylic oxidation sites excluding steroid dienone is 2. The Balaban J connectivity index is 2.48. The van der Waals surface area contributed by atoms with Crippen LogP contribution in [0.2, 0.25) is 0 Å². The summed E-state index contributed by atoms with van der Waals surface area (Å²) in [6, 6.07) is 9.47. The van der Waals surface area contributed by atoms with E-state index in [1.165, 1.54) is 5.57 Å². The van der Waals surface area contributed by atoms with Crippen LogP contribution in [0.5, 0.6) is 0 Å². The van der Waals surface area contributed by atoms with Crippen LogP contribution in [0.4, 0.5) is 5.69 Å². The molecule has 1 rings (SSSR count). The van der Waals surface area contributed by atoms with Gasteiger partial charge in [0, 0.05) is 6.42 Å². The molecule has 0 spiro atoms. The van der Waals surface area contributed by atoms with E-state index < -0.39 is 5.72 Å². The van der Waals surface area contributed by atoms with E-state index in [-0.39, 0.29) is 0 Å². The summed E-state index contributed by atoms with van der Waals surface area (Å²) in [7, 11) is 0. The number of azo groups is 1. The van der Waals surface area contributed by atoms with Crippen molar-refractivity contribution in [1.82, 2.24) is 0 Å². The van der Waals surface area contributed by atoms with Gasteiger partial charge in [0.2, 0.25) is 0 Å². The fourth-order valence-corrected chi connectivity index (χ4v) is 1.80. The minimum atomic E-state index is -1.10. The zero-order valence-electron chi connectivity index (χ0n) is 12.1. The first-order chi connectivity index (χ1) is 9.03. The SMILES string of the molecule is CCC/C(C)=C\CCC(C)(O)N=Nc1ccccc1. The van der Waals surface area contributed by atoms with E-state index in [2.05, 4.69) is 30.2 Å². The standard InChI is InChI=1S/C16H24N2O/c1-4-9-14(2)10-8-13-16(3,19)18-17-15-11-6-5-7-12-15/h5-7,10-12,19H,4,8-9,13H2,1-3H3/b14-10-,18-17?. The first-order valence-electron chi connectivity index (χ1n) is 6.89. The molecule has 0 aliphatic heterocycles. The van der Waals surface area contributed by atoms with Gasteiger partial charge in [-0.3, -0.25) is 0 Å². The largest absolute Gasteiger partial charge is 0.368 e. The van der Waals surface area contributed by atoms with Crippen molar-refractivity contribution in [1.29, 1.82) is 0 Å². The lowest BCUT2D eigenvalue weighted by atomic mass is 10.1. The minimum Gasteiger partial charge on any atom is -0.368 e. The Morgan fingerprint density at radius 1 is 1.32 bits per heavy atom. The quantitative estimate of drug-likeness (QED) is 0.544. The van der Waals surface area contributed by atoms with Crippen LogP contribution in [0.15, 0.2) is 52.2 Å². The van der Waals surface area contributed by atoms with Crippen LogP contribution < -0.4 is 0 Å². The van der Waals surface area contributed by atoms with Crippen LogP contribution in [-0.4, -0.2) is 10.8 Å². The third kappa shape index (κ3) is 6.87. The van der Waals surface area contributed by atoms with Crippen molar-refractivity contribution in [2.24, 2.45) is 10.2 Å². The maximum atomic E-state index is 10.1. The number of nitrogens with zero attached hydrogens (tertiary/aromatic N) is 2. The van der Waals surface area contributed by atoms with Gasteiger partial charge in [0.25, 0.3) is 0 Å². The van der Waals surface area contributed by atoms with E-state index in [0.717, 1.165) is 24.9 Å². The van der Waals surface area contributed by atoms with E-state index in [0.29, 0.717) is 6.42 Å². The minimum absolute atomic E-state index is 0.588. The molecule has 19 heavy (non-hydrogen) atoms. The average Bonchev–Trinajstić information content (AvgIpc) is 2.38. The van der Waals surface area contributed by atoms with Gasteiger partial charge in [-0.25, -0.2) is 0 Å². The Bertz CT molecular complexity index is 422. The highest BCUT2D eigenvalue weighted by Crippen LogP contribution is 2.19. The highest BCUT2D eigenvalue weighted by molar-refractivity contribution is 5.34. The summed E-state index contributed by atoms with van der Waals surface area (Å²) in [4.78, 5) is 0. The number of hydrogen-bond donors (Lipinski definition) is 1. The van der Waals surface area contributed by atoms with Crippen LogP contribution in [-0.2, 0) is 0 Å². The maximum absolute atomic E-state index is 10.1. The molecule has 0 aliphatic carbocycles. The molecule has 0 amide bonds. The molecule has 104 valence electrons. The van der Waals surface area contributed by atoms with Gasteiger partial charge >= 0.3 is 0 Å². The van der Waals surface area contributed by atoms with Gasteiger partial charge < -0.3 is 5.11 Å². The summed E-state index contributed by atoms with van der Waals surface area (Å²) in [5.41, 5.74) is 1.04. The lowest BCUT2D eigenvalue weighted by Gasteiger charge is -2.15. The van der Waals surface area contributed by atoms with E-state index >= 15 is 0 Å². The van der Waals surface area contributed by atoms with Crippen molar-refractivity contribution >= 4 is 5.69 Å². The fraction of sp³-hybridized carbons (Fsp3) is 0.500. The van der Waals surface area contributed by atoms with Crippen LogP contribution in [0.3, 0.4) is 0 Å². The smallest absolute Gasteiger partial charge is 0.173 e. The van der Waals surface area contributed by atoms with Crippen LogP contribution >= 0.6 is 0 Å². The molecule has 1 atom stereocenters. The Morgan fingerprint density at radius 2 is 2.00 bits per heavy atom. The number of benzene rings is 1. The normalized spacial score (nSPS) is 15.7. The molecular formula is C16H24N2O. The molecule has 0 radical (unpaired) electrons. The zero-order chi connectivity index (χ0) is 14.1. The molecule has 0 fully saturated rings. The third-order valence-corrected chi connectivity index (χ3v) is 2.89. The summed E-state index contributed by atoms with van der Waals surface area (Å²) < 4.78 is 0. The monoisotopic (exact) mass is 260 g/mol. The molecule has 1 aromatic rings. The van der Waals surface area contributed by atoms with Gasteiger partial charge in [-0.1, -0.05) is 43.2 Å². The second-order valence-electron chi connectivity index (χ2n) is 5.09. The van der Waals surface area contributed by atoms with E-state index in [1.807, 2.05) is 30.3 Å². The number of hydrogen-bond acceptors (Lipinski definition) is 3. The summed E-state index contributed by atoms with van der Waals surface area (Å²) in [6.07, 6.45) is 5.87. The molecular weight excluding hydrogens is 236 g/mol. The lowest BCUT2D eigenvalue weighted by molar-refractivity contribution is 0.0543. The average molecular weight is 260 g/mol. The summed E-state index contributed by atoms with van der Waals surface area (Å²) in [5, 5.41) is 18.2. The van der Waals surface area contributed by atoms with Crippen molar-refractivity contribution in [3.8, 4) is 0 Å². The van der Waals surface area contributed by atoms with Crippen molar-refractivity contribution in [2.45, 2.75) is 52.2 Å². The first-order valence-corrected chi connectivity index (χ1v) is 6.89. The summed E-state index contributed by atoms with van der Waals surface area (Å²) in [5.74, 6) is 0. The molecule has 1 aromatic carbocycles. The second kappa shape index (κ2) is 7.85. The van der Waals surface area contributed by atoms with Crippen LogP contribution in [0.1, 0.15) is 46.5 Å². The second-order valence-corrected chi connectivity index (χ2v) is 5.09. The summed E-state index contributed by atoms with van der Waals surface area (Å²) in [6.45, 7) is 5.99. The van der Waals surface area contributed by atoms with Crippen molar-refractivity contribution < 1.29 is 5.11 Å². The Kier molecular flexibility index (Phi) is 6.43. The van der Waals surface area contributed by atoms with Gasteiger partial charge in [0.15, 0.2) is 5.72 Å². The molecule has 1 unspecified atom stereocenters. The molecule has 0 saturated heterocycles. The maximum Gasteiger partial charge on any atom is 0.173 e. The van der Waals surface area contributed by atoms with Gasteiger partial charge in [-0.15, -0.1) is 0 Å². The number of aliphatic hydroxyl groups is 1. The van der Waals surface area contributed by atoms with Gasteiger partial charge in [-0.2, -0.15) is 10.2 Å². The molecule has 0 bridgehead atoms. The Morgan fingerprint density at radius 3 is 2.63 bits per heavy atom. The molecule has 0 aromatic heterocycles. The molecule has 3 nitrogen and oxygen atoms in total. The van der Waals surface area contributed by atoms with Crippen molar-refractivity contribution in [2.75, 3.05) is 0 Å². The molecule has 0 heterocycles. The molecule has 1 N–H and O–H groups in total. The Labute approximate surface area is 116 Å². The number of rotatable bonds is 7. The highest BCUT2D eigenvalue weighted by atomic mass is 16.3. The molecule has 0 saturated carbocycles. The zero-order valence-corrected chi connectivity index (χ0v) is 12.1. The van der Waals surface area contributed by atoms with Gasteiger partial charge in [0.05, 0.1) is 5.69 Å². The molecule has 0 aliphatic rings. The van der Waals surface area contributed by atoms with Gasteiger partial charge in [-0.05, 0) is 38.8 Å². The van der Waals surface area contributed by atoms with Crippen molar-refractivity contribution in [3.05, 3.63) is 42.0 Å². The predicted octanol–water partition coefficient (Wildman–Crippen LogP) is 5.01. The Hall–Kier alpha value is -1.48. The van der Waals surface area contributed by atoms with E-state index in [4.69, 9.17) is 0 Å². The van der Waals surface area contributed by atoms with Crippen molar-refractivity contribution in [3.63, 3.8) is 0 Å². The predicted molar refractivity (Wildman–Crippen MR) is 79.5 cm³/mol. The highest BCUT2D eigenvalue weighted by Gasteiger charge is 2.17. The topological polar surface area (TPSA) is 45.0 Å². The van der Waals surface area contributed by atoms with Crippen LogP contribution in [0.25, 0.3) is 0 Å². The fourth-order valence-electron chi connectivity index (χ4n) is 1.80. The molecule has 3 heteroatoms. The van der Waals surface area contributed by atoms with Gasteiger partial charge in [0.1, 0.15) is 0 Å². The summed E-state index contributed by atoms with van der Waals surface area (Å²) >= 11 is 0. The lowest BCUT2D eigenvalue weighted by Crippen LogP contribution is -2.19. The van der Waals surface area contributed by atoms with E-state index in [9.17, 15) is 5.11 Å².